The predicted molar refractivity (Wildman–Crippen MR) is 91.0 cm³/mol. The van der Waals surface area contributed by atoms with Gasteiger partial charge in [0.1, 0.15) is 5.82 Å². The molecular formula is C17H23N3O4. The Hall–Kier alpha value is -2.70. The summed E-state index contributed by atoms with van der Waals surface area (Å²) in [6, 6.07) is 5.46. The van der Waals surface area contributed by atoms with Gasteiger partial charge in [0, 0.05) is 12.1 Å². The van der Waals surface area contributed by atoms with Crippen LogP contribution in [0.1, 0.15) is 25.5 Å². The van der Waals surface area contributed by atoms with Crippen molar-refractivity contribution in [1.82, 2.24) is 9.78 Å². The molecule has 0 unspecified atom stereocenters. The van der Waals surface area contributed by atoms with Gasteiger partial charge in [-0.2, -0.15) is 5.10 Å². The van der Waals surface area contributed by atoms with Crippen molar-refractivity contribution in [2.24, 2.45) is 0 Å². The third kappa shape index (κ3) is 3.79. The Morgan fingerprint density at radius 2 is 1.79 bits per heavy atom. The van der Waals surface area contributed by atoms with Gasteiger partial charge in [-0.25, -0.2) is 4.68 Å². The second-order valence-corrected chi connectivity index (χ2v) is 5.51. The Kier molecular flexibility index (Phi) is 5.68. The quantitative estimate of drug-likeness (QED) is 0.843. The van der Waals surface area contributed by atoms with Gasteiger partial charge >= 0.3 is 0 Å². The lowest BCUT2D eigenvalue weighted by molar-refractivity contribution is -0.115. The van der Waals surface area contributed by atoms with Gasteiger partial charge in [0.25, 0.3) is 0 Å². The van der Waals surface area contributed by atoms with Crippen LogP contribution in [0, 0.1) is 0 Å². The molecule has 0 fully saturated rings. The third-order valence-electron chi connectivity index (χ3n) is 3.52. The first-order valence-electron chi connectivity index (χ1n) is 7.62. The molecule has 1 amide bonds. The number of hydrogen-bond acceptors (Lipinski definition) is 5. The van der Waals surface area contributed by atoms with Crippen molar-refractivity contribution in [3.05, 3.63) is 30.0 Å². The molecule has 2 rings (SSSR count). The zero-order valence-corrected chi connectivity index (χ0v) is 14.6. The van der Waals surface area contributed by atoms with Crippen molar-refractivity contribution in [2.75, 3.05) is 26.6 Å². The number of rotatable bonds is 7. The highest BCUT2D eigenvalue weighted by Gasteiger charge is 2.16. The normalized spacial score (nSPS) is 10.6. The highest BCUT2D eigenvalue weighted by molar-refractivity contribution is 5.91. The fourth-order valence-corrected chi connectivity index (χ4v) is 2.43. The molecule has 1 aromatic heterocycles. The summed E-state index contributed by atoms with van der Waals surface area (Å²) < 4.78 is 17.7. The molecule has 1 heterocycles. The van der Waals surface area contributed by atoms with E-state index in [1.807, 2.05) is 13.8 Å². The van der Waals surface area contributed by atoms with Gasteiger partial charge in [-0.05, 0) is 31.5 Å². The number of carbonyl (C=O) groups is 1. The van der Waals surface area contributed by atoms with E-state index in [1.165, 1.54) is 0 Å². The van der Waals surface area contributed by atoms with Crippen molar-refractivity contribution in [2.45, 2.75) is 26.3 Å². The molecule has 0 aliphatic rings. The Morgan fingerprint density at radius 3 is 2.29 bits per heavy atom. The highest BCUT2D eigenvalue weighted by atomic mass is 16.5. The molecule has 2 aromatic rings. The van der Waals surface area contributed by atoms with Crippen LogP contribution in [-0.2, 0) is 11.2 Å². The number of methoxy groups -OCH3 is 3. The average Bonchev–Trinajstić information content (AvgIpc) is 3.01. The van der Waals surface area contributed by atoms with Crippen LogP contribution in [0.15, 0.2) is 24.4 Å². The van der Waals surface area contributed by atoms with Gasteiger partial charge < -0.3 is 19.5 Å². The first-order valence-corrected chi connectivity index (χ1v) is 7.62. The summed E-state index contributed by atoms with van der Waals surface area (Å²) in [5.41, 5.74) is 0.762. The van der Waals surface area contributed by atoms with Gasteiger partial charge in [-0.1, -0.05) is 0 Å². The highest BCUT2D eigenvalue weighted by Crippen LogP contribution is 2.38. The molecule has 0 saturated heterocycles. The minimum Gasteiger partial charge on any atom is -0.493 e. The van der Waals surface area contributed by atoms with Crippen LogP contribution in [-0.4, -0.2) is 37.0 Å². The van der Waals surface area contributed by atoms with Crippen LogP contribution < -0.4 is 19.5 Å². The van der Waals surface area contributed by atoms with E-state index in [4.69, 9.17) is 14.2 Å². The molecule has 24 heavy (non-hydrogen) atoms. The molecule has 130 valence electrons. The fourth-order valence-electron chi connectivity index (χ4n) is 2.43. The number of amides is 1. The molecule has 7 nitrogen and oxygen atoms in total. The monoisotopic (exact) mass is 333 g/mol. The number of ether oxygens (including phenoxy) is 3. The summed E-state index contributed by atoms with van der Waals surface area (Å²) >= 11 is 0. The Morgan fingerprint density at radius 1 is 1.17 bits per heavy atom. The van der Waals surface area contributed by atoms with Crippen LogP contribution in [0.4, 0.5) is 5.82 Å². The lowest BCUT2D eigenvalue weighted by Crippen LogP contribution is -2.18. The molecule has 0 radical (unpaired) electrons. The molecule has 0 aliphatic heterocycles. The maximum absolute atomic E-state index is 12.3. The minimum absolute atomic E-state index is 0.147. The maximum atomic E-state index is 12.3. The topological polar surface area (TPSA) is 74.6 Å². The van der Waals surface area contributed by atoms with Crippen molar-refractivity contribution >= 4 is 11.7 Å². The zero-order valence-electron chi connectivity index (χ0n) is 14.6. The first-order chi connectivity index (χ1) is 11.5. The van der Waals surface area contributed by atoms with E-state index in [1.54, 1.807) is 50.4 Å². The fraction of sp³-hybridized carbons (Fsp3) is 0.412. The second-order valence-electron chi connectivity index (χ2n) is 5.51. The largest absolute Gasteiger partial charge is 0.493 e. The predicted octanol–water partition coefficient (Wildman–Crippen LogP) is 2.67. The SMILES string of the molecule is COc1cc(CC(=O)Nc2ccnn2C(C)C)cc(OC)c1OC. The lowest BCUT2D eigenvalue weighted by atomic mass is 10.1. The summed E-state index contributed by atoms with van der Waals surface area (Å²) in [5, 5.41) is 7.07. The first kappa shape index (κ1) is 17.7. The summed E-state index contributed by atoms with van der Waals surface area (Å²) in [4.78, 5) is 12.3. The van der Waals surface area contributed by atoms with E-state index < -0.39 is 0 Å². The number of nitrogens with zero attached hydrogens (tertiary/aromatic N) is 2. The molecule has 0 atom stereocenters. The summed E-state index contributed by atoms with van der Waals surface area (Å²) in [5.74, 6) is 2.06. The van der Waals surface area contributed by atoms with E-state index in [0.29, 0.717) is 23.1 Å². The summed E-state index contributed by atoms with van der Waals surface area (Å²) in [6.07, 6.45) is 1.84. The van der Waals surface area contributed by atoms with E-state index in [2.05, 4.69) is 10.4 Å². The summed E-state index contributed by atoms with van der Waals surface area (Å²) in [7, 11) is 4.63. The second kappa shape index (κ2) is 7.72. The molecule has 0 aliphatic carbocycles. The van der Waals surface area contributed by atoms with E-state index >= 15 is 0 Å². The van der Waals surface area contributed by atoms with Crippen LogP contribution in [0.5, 0.6) is 17.2 Å². The van der Waals surface area contributed by atoms with Gasteiger partial charge in [0.15, 0.2) is 11.5 Å². The van der Waals surface area contributed by atoms with Crippen LogP contribution in [0.2, 0.25) is 0 Å². The molecule has 0 saturated carbocycles. The van der Waals surface area contributed by atoms with E-state index in [0.717, 1.165) is 5.56 Å². The Balaban J connectivity index is 2.18. The third-order valence-corrected chi connectivity index (χ3v) is 3.52. The van der Waals surface area contributed by atoms with Crippen LogP contribution in [0.3, 0.4) is 0 Å². The number of hydrogen-bond donors (Lipinski definition) is 1. The van der Waals surface area contributed by atoms with E-state index in [9.17, 15) is 4.79 Å². The molecule has 0 bridgehead atoms. The van der Waals surface area contributed by atoms with Crippen molar-refractivity contribution in [1.29, 1.82) is 0 Å². The molecule has 1 aromatic carbocycles. The number of benzene rings is 1. The van der Waals surface area contributed by atoms with Gasteiger partial charge in [0.2, 0.25) is 11.7 Å². The number of aromatic nitrogens is 2. The molecular weight excluding hydrogens is 310 g/mol. The Bertz CT molecular complexity index is 685. The van der Waals surface area contributed by atoms with E-state index in [-0.39, 0.29) is 18.4 Å². The van der Waals surface area contributed by atoms with Crippen molar-refractivity contribution in [3.8, 4) is 17.2 Å². The van der Waals surface area contributed by atoms with Crippen LogP contribution in [0.25, 0.3) is 0 Å². The minimum atomic E-state index is -0.147. The smallest absolute Gasteiger partial charge is 0.229 e. The zero-order chi connectivity index (χ0) is 17.7. The number of anilines is 1. The Labute approximate surface area is 141 Å². The molecule has 1 N–H and O–H groups in total. The van der Waals surface area contributed by atoms with Crippen molar-refractivity contribution < 1.29 is 19.0 Å². The van der Waals surface area contributed by atoms with Crippen LogP contribution >= 0.6 is 0 Å². The standard InChI is InChI=1S/C17H23N3O4/c1-11(2)20-15(6-7-18-20)19-16(21)10-12-8-13(22-3)17(24-5)14(9-12)23-4/h6-9,11H,10H2,1-5H3,(H,19,21). The average molecular weight is 333 g/mol. The van der Waals surface area contributed by atoms with Crippen molar-refractivity contribution in [3.63, 3.8) is 0 Å². The molecule has 7 heteroatoms. The maximum Gasteiger partial charge on any atom is 0.229 e. The lowest BCUT2D eigenvalue weighted by Gasteiger charge is -2.15. The summed E-state index contributed by atoms with van der Waals surface area (Å²) in [6.45, 7) is 4.00. The van der Waals surface area contributed by atoms with Gasteiger partial charge in [-0.15, -0.1) is 0 Å². The number of nitrogens with one attached hydrogen (secondary N) is 1. The van der Waals surface area contributed by atoms with Gasteiger partial charge in [0.05, 0.1) is 33.9 Å². The molecule has 0 spiro atoms. The van der Waals surface area contributed by atoms with Gasteiger partial charge in [-0.3, -0.25) is 4.79 Å². The number of carbonyl (C=O) groups excluding carboxylic acids is 1.